The molecule has 0 atom stereocenters. The molecule has 0 fully saturated rings. The molecule has 2 rings (SSSR count). The van der Waals surface area contributed by atoms with E-state index in [1.54, 1.807) is 0 Å². The second kappa shape index (κ2) is 5.01. The van der Waals surface area contributed by atoms with Gasteiger partial charge < -0.3 is 15.2 Å². The molecular formula is C11H8F3N3O2. The van der Waals surface area contributed by atoms with Gasteiger partial charge >= 0.3 is 6.36 Å². The van der Waals surface area contributed by atoms with Crippen molar-refractivity contribution in [1.82, 2.24) is 9.97 Å². The van der Waals surface area contributed by atoms with Crippen molar-refractivity contribution in [3.8, 4) is 17.4 Å². The van der Waals surface area contributed by atoms with Crippen LogP contribution < -0.4 is 15.2 Å². The van der Waals surface area contributed by atoms with E-state index in [9.17, 15) is 13.2 Å². The smallest absolute Gasteiger partial charge is 0.434 e. The summed E-state index contributed by atoms with van der Waals surface area (Å²) >= 11 is 0. The first kappa shape index (κ1) is 12.9. The number of aromatic nitrogens is 2. The van der Waals surface area contributed by atoms with Crippen LogP contribution in [0.1, 0.15) is 0 Å². The van der Waals surface area contributed by atoms with E-state index in [2.05, 4.69) is 14.7 Å². The van der Waals surface area contributed by atoms with E-state index in [1.807, 2.05) is 0 Å². The molecule has 0 bridgehead atoms. The maximum atomic E-state index is 12.2. The lowest BCUT2D eigenvalue weighted by atomic mass is 10.3. The van der Waals surface area contributed by atoms with Crippen LogP contribution in [0.4, 0.5) is 19.0 Å². The Morgan fingerprint density at radius 3 is 2.37 bits per heavy atom. The van der Waals surface area contributed by atoms with Gasteiger partial charge in [0.15, 0.2) is 11.5 Å². The average molecular weight is 271 g/mol. The highest BCUT2D eigenvalue weighted by atomic mass is 19.4. The summed E-state index contributed by atoms with van der Waals surface area (Å²) in [4.78, 5) is 7.47. The van der Waals surface area contributed by atoms with Gasteiger partial charge in [0.25, 0.3) is 0 Å². The van der Waals surface area contributed by atoms with E-state index in [0.717, 1.165) is 6.07 Å². The molecule has 0 saturated carbocycles. The minimum Gasteiger partial charge on any atom is -0.434 e. The molecule has 100 valence electrons. The average Bonchev–Trinajstić information content (AvgIpc) is 2.30. The van der Waals surface area contributed by atoms with Crippen LogP contribution in [0.3, 0.4) is 0 Å². The molecule has 2 N–H and O–H groups in total. The van der Waals surface area contributed by atoms with Gasteiger partial charge in [0, 0.05) is 0 Å². The standard InChI is InChI=1S/C11H8F3N3O2/c12-11(13,14)19-8-4-2-1-3-7(8)18-10-6-16-5-9(15)17-10/h1-6H,(H2,15,17). The Kier molecular flexibility index (Phi) is 3.41. The predicted molar refractivity (Wildman–Crippen MR) is 59.6 cm³/mol. The van der Waals surface area contributed by atoms with Crippen LogP contribution in [0.15, 0.2) is 36.7 Å². The molecule has 1 heterocycles. The topological polar surface area (TPSA) is 70.3 Å². The molecule has 0 radical (unpaired) electrons. The lowest BCUT2D eigenvalue weighted by Crippen LogP contribution is -2.17. The molecular weight excluding hydrogens is 263 g/mol. The number of rotatable bonds is 3. The zero-order valence-electron chi connectivity index (χ0n) is 9.39. The van der Waals surface area contributed by atoms with Crippen LogP contribution in [0.5, 0.6) is 17.4 Å². The molecule has 8 heteroatoms. The van der Waals surface area contributed by atoms with Gasteiger partial charge in [0.05, 0.1) is 12.4 Å². The fourth-order valence-electron chi connectivity index (χ4n) is 1.27. The van der Waals surface area contributed by atoms with Crippen molar-refractivity contribution < 1.29 is 22.6 Å². The molecule has 0 unspecified atom stereocenters. The van der Waals surface area contributed by atoms with Crippen LogP contribution in [0.25, 0.3) is 0 Å². The fourth-order valence-corrected chi connectivity index (χ4v) is 1.27. The number of alkyl halides is 3. The lowest BCUT2D eigenvalue weighted by molar-refractivity contribution is -0.275. The first-order valence-corrected chi connectivity index (χ1v) is 5.04. The highest BCUT2D eigenvalue weighted by molar-refractivity contribution is 5.42. The SMILES string of the molecule is Nc1cncc(Oc2ccccc2OC(F)(F)F)n1. The summed E-state index contributed by atoms with van der Waals surface area (Å²) in [6.07, 6.45) is -2.30. The van der Waals surface area contributed by atoms with E-state index in [-0.39, 0.29) is 17.4 Å². The number of ether oxygens (including phenoxy) is 2. The number of halogens is 3. The normalized spacial score (nSPS) is 11.1. The first-order valence-electron chi connectivity index (χ1n) is 5.04. The van der Waals surface area contributed by atoms with Crippen molar-refractivity contribution in [3.63, 3.8) is 0 Å². The maximum Gasteiger partial charge on any atom is 0.573 e. The van der Waals surface area contributed by atoms with E-state index < -0.39 is 12.1 Å². The summed E-state index contributed by atoms with van der Waals surface area (Å²) in [7, 11) is 0. The second-order valence-corrected chi connectivity index (χ2v) is 3.38. The molecule has 5 nitrogen and oxygen atoms in total. The molecule has 2 aromatic rings. The number of para-hydroxylation sites is 2. The van der Waals surface area contributed by atoms with Gasteiger partial charge in [-0.3, -0.25) is 4.98 Å². The summed E-state index contributed by atoms with van der Waals surface area (Å²) in [6, 6.07) is 5.33. The van der Waals surface area contributed by atoms with Crippen LogP contribution >= 0.6 is 0 Å². The highest BCUT2D eigenvalue weighted by Gasteiger charge is 2.32. The summed E-state index contributed by atoms with van der Waals surface area (Å²) < 4.78 is 45.6. The van der Waals surface area contributed by atoms with Gasteiger partial charge in [-0.25, -0.2) is 0 Å². The number of nitrogens with zero attached hydrogens (tertiary/aromatic N) is 2. The van der Waals surface area contributed by atoms with Gasteiger partial charge in [-0.1, -0.05) is 12.1 Å². The molecule has 19 heavy (non-hydrogen) atoms. The Balaban J connectivity index is 2.25. The number of hydrogen-bond donors (Lipinski definition) is 1. The minimum absolute atomic E-state index is 0.0294. The maximum absolute atomic E-state index is 12.2. The minimum atomic E-state index is -4.80. The molecule has 0 aliphatic carbocycles. The zero-order valence-corrected chi connectivity index (χ0v) is 9.39. The summed E-state index contributed by atoms with van der Waals surface area (Å²) in [5, 5.41) is 0. The van der Waals surface area contributed by atoms with E-state index >= 15 is 0 Å². The largest absolute Gasteiger partial charge is 0.573 e. The van der Waals surface area contributed by atoms with Crippen molar-refractivity contribution in [2.45, 2.75) is 6.36 Å². The quantitative estimate of drug-likeness (QED) is 0.929. The third-order valence-electron chi connectivity index (χ3n) is 1.92. The van der Waals surface area contributed by atoms with Crippen molar-refractivity contribution >= 4 is 5.82 Å². The van der Waals surface area contributed by atoms with Crippen LogP contribution in [-0.4, -0.2) is 16.3 Å². The van der Waals surface area contributed by atoms with E-state index in [0.29, 0.717) is 0 Å². The zero-order chi connectivity index (χ0) is 13.9. The number of nitrogens with two attached hydrogens (primary N) is 1. The second-order valence-electron chi connectivity index (χ2n) is 3.38. The number of benzene rings is 1. The molecule has 0 saturated heterocycles. The van der Waals surface area contributed by atoms with Crippen LogP contribution in [-0.2, 0) is 0 Å². The van der Waals surface area contributed by atoms with Crippen molar-refractivity contribution in [1.29, 1.82) is 0 Å². The third kappa shape index (κ3) is 3.73. The Bertz CT molecular complexity index is 575. The fraction of sp³-hybridized carbons (Fsp3) is 0.0909. The summed E-state index contributed by atoms with van der Waals surface area (Å²) in [6.45, 7) is 0. The number of anilines is 1. The van der Waals surface area contributed by atoms with Crippen molar-refractivity contribution in [2.75, 3.05) is 5.73 Å². The predicted octanol–water partition coefficient (Wildman–Crippen LogP) is 2.75. The number of hydrogen-bond acceptors (Lipinski definition) is 5. The van der Waals surface area contributed by atoms with Gasteiger partial charge in [-0.2, -0.15) is 4.98 Å². The van der Waals surface area contributed by atoms with Gasteiger partial charge in [-0.05, 0) is 12.1 Å². The Morgan fingerprint density at radius 1 is 1.05 bits per heavy atom. The Labute approximate surface area is 105 Å². The molecule has 1 aromatic carbocycles. The van der Waals surface area contributed by atoms with Crippen molar-refractivity contribution in [3.05, 3.63) is 36.7 Å². The molecule has 0 aliphatic heterocycles. The summed E-state index contributed by atoms with van der Waals surface area (Å²) in [5.74, 6) is -0.552. The van der Waals surface area contributed by atoms with E-state index in [1.165, 1.54) is 30.6 Å². The van der Waals surface area contributed by atoms with Gasteiger partial charge in [0.1, 0.15) is 5.82 Å². The van der Waals surface area contributed by atoms with E-state index in [4.69, 9.17) is 10.5 Å². The lowest BCUT2D eigenvalue weighted by Gasteiger charge is -2.13. The van der Waals surface area contributed by atoms with Crippen LogP contribution in [0.2, 0.25) is 0 Å². The Hall–Kier alpha value is -2.51. The van der Waals surface area contributed by atoms with Crippen molar-refractivity contribution in [2.24, 2.45) is 0 Å². The van der Waals surface area contributed by atoms with Gasteiger partial charge in [0.2, 0.25) is 5.88 Å². The Morgan fingerprint density at radius 2 is 1.74 bits per heavy atom. The van der Waals surface area contributed by atoms with Crippen LogP contribution in [0, 0.1) is 0 Å². The number of nitrogen functional groups attached to an aromatic ring is 1. The molecule has 0 aliphatic rings. The molecule has 0 spiro atoms. The summed E-state index contributed by atoms with van der Waals surface area (Å²) in [5.41, 5.74) is 5.39. The molecule has 1 aromatic heterocycles. The third-order valence-corrected chi connectivity index (χ3v) is 1.92. The monoisotopic (exact) mass is 271 g/mol. The first-order chi connectivity index (χ1) is 8.94. The van der Waals surface area contributed by atoms with Gasteiger partial charge in [-0.15, -0.1) is 13.2 Å². The molecule has 0 amide bonds. The highest BCUT2D eigenvalue weighted by Crippen LogP contribution is 2.34.